The van der Waals surface area contributed by atoms with E-state index in [-0.39, 0.29) is 0 Å². The number of hydrogen-bond acceptors (Lipinski definition) is 4. The van der Waals surface area contributed by atoms with Crippen LogP contribution in [0.4, 0.5) is 5.82 Å². The highest BCUT2D eigenvalue weighted by molar-refractivity contribution is 5.79. The molecule has 114 valence electrons. The van der Waals surface area contributed by atoms with E-state index < -0.39 is 0 Å². The quantitative estimate of drug-likeness (QED) is 0.832. The molecule has 1 aromatic rings. The molecule has 2 fully saturated rings. The summed E-state index contributed by atoms with van der Waals surface area (Å²) in [5.41, 5.74) is 1.25. The van der Waals surface area contributed by atoms with Crippen molar-refractivity contribution in [1.29, 1.82) is 0 Å². The smallest absolute Gasteiger partial charge is 0.223 e. The van der Waals surface area contributed by atoms with Crippen LogP contribution in [-0.2, 0) is 11.3 Å². The maximum absolute atomic E-state index is 11.8. The molecular weight excluding hydrogens is 264 g/mol. The highest BCUT2D eigenvalue weighted by Crippen LogP contribution is 2.27. The van der Waals surface area contributed by atoms with E-state index >= 15 is 0 Å². The fourth-order valence-electron chi connectivity index (χ4n) is 3.31. The van der Waals surface area contributed by atoms with Crippen molar-refractivity contribution < 1.29 is 4.79 Å². The van der Waals surface area contributed by atoms with Crippen molar-refractivity contribution in [2.24, 2.45) is 0 Å². The average molecular weight is 288 g/mol. The molecule has 2 saturated heterocycles. The second-order valence-electron chi connectivity index (χ2n) is 5.89. The van der Waals surface area contributed by atoms with Crippen LogP contribution >= 0.6 is 0 Å². The first-order valence-corrected chi connectivity index (χ1v) is 7.98. The second kappa shape index (κ2) is 6.43. The number of fused-ring (bicyclic) bond motifs is 1. The number of carbonyl (C=O) groups excluding carboxylic acids is 1. The van der Waals surface area contributed by atoms with Gasteiger partial charge in [0.15, 0.2) is 0 Å². The van der Waals surface area contributed by atoms with Crippen molar-refractivity contribution >= 4 is 11.7 Å². The van der Waals surface area contributed by atoms with Gasteiger partial charge < -0.3 is 15.1 Å². The molecule has 1 N–H and O–H groups in total. The minimum absolute atomic E-state index is 0.325. The molecule has 3 rings (SSSR count). The van der Waals surface area contributed by atoms with Crippen LogP contribution in [0.1, 0.15) is 31.7 Å². The van der Waals surface area contributed by atoms with Crippen LogP contribution in [0, 0.1) is 0 Å². The summed E-state index contributed by atoms with van der Waals surface area (Å²) >= 11 is 0. The molecule has 1 amide bonds. The van der Waals surface area contributed by atoms with Gasteiger partial charge in [-0.3, -0.25) is 4.79 Å². The van der Waals surface area contributed by atoms with Crippen molar-refractivity contribution in [2.45, 2.75) is 38.8 Å². The number of aromatic nitrogens is 1. The summed E-state index contributed by atoms with van der Waals surface area (Å²) < 4.78 is 0. The Balaban J connectivity index is 1.70. The molecule has 1 unspecified atom stereocenters. The Morgan fingerprint density at radius 3 is 3.19 bits per heavy atom. The third-order valence-corrected chi connectivity index (χ3v) is 4.40. The summed E-state index contributed by atoms with van der Waals surface area (Å²) in [7, 11) is 0. The van der Waals surface area contributed by atoms with Crippen LogP contribution in [-0.4, -0.2) is 48.0 Å². The van der Waals surface area contributed by atoms with Crippen molar-refractivity contribution in [1.82, 2.24) is 15.2 Å². The summed E-state index contributed by atoms with van der Waals surface area (Å²) in [6.07, 6.45) is 4.71. The van der Waals surface area contributed by atoms with E-state index in [4.69, 9.17) is 0 Å². The summed E-state index contributed by atoms with van der Waals surface area (Å²) in [6.45, 7) is 6.71. The lowest BCUT2D eigenvalue weighted by Gasteiger charge is -2.38. The molecule has 0 aliphatic carbocycles. The van der Waals surface area contributed by atoms with E-state index in [1.807, 2.05) is 12.3 Å². The lowest BCUT2D eigenvalue weighted by atomic mass is 10.1. The van der Waals surface area contributed by atoms with Crippen LogP contribution < -0.4 is 10.2 Å². The number of pyridine rings is 1. The summed E-state index contributed by atoms with van der Waals surface area (Å²) in [4.78, 5) is 20.8. The van der Waals surface area contributed by atoms with Crippen molar-refractivity contribution in [3.8, 4) is 0 Å². The Labute approximate surface area is 126 Å². The van der Waals surface area contributed by atoms with E-state index in [1.54, 1.807) is 0 Å². The molecule has 0 saturated carbocycles. The standard InChI is InChI=1S/C16H24N4O/c1-2-7-17-11-13-4-3-8-18-16(13)19-9-10-20-14(12-19)5-6-15(20)21/h3-4,8,14,17H,2,5-7,9-12H2,1H3. The zero-order valence-electron chi connectivity index (χ0n) is 12.7. The lowest BCUT2D eigenvalue weighted by Crippen LogP contribution is -2.52. The Morgan fingerprint density at radius 1 is 1.43 bits per heavy atom. The zero-order chi connectivity index (χ0) is 14.7. The Hall–Kier alpha value is -1.62. The molecule has 0 bridgehead atoms. The van der Waals surface area contributed by atoms with E-state index in [0.29, 0.717) is 18.4 Å². The largest absolute Gasteiger partial charge is 0.353 e. The third kappa shape index (κ3) is 3.02. The molecule has 3 heterocycles. The number of hydrogen-bond donors (Lipinski definition) is 1. The SMILES string of the molecule is CCCNCc1cccnc1N1CCN2C(=O)CCC2C1. The first-order valence-electron chi connectivity index (χ1n) is 7.98. The van der Waals surface area contributed by atoms with Gasteiger partial charge in [-0.2, -0.15) is 0 Å². The summed E-state index contributed by atoms with van der Waals surface area (Å²) in [5, 5.41) is 3.45. The van der Waals surface area contributed by atoms with E-state index in [2.05, 4.69) is 33.1 Å². The van der Waals surface area contributed by atoms with Crippen LogP contribution in [0.25, 0.3) is 0 Å². The fourth-order valence-corrected chi connectivity index (χ4v) is 3.31. The topological polar surface area (TPSA) is 48.5 Å². The predicted molar refractivity (Wildman–Crippen MR) is 83.2 cm³/mol. The molecule has 1 atom stereocenters. The number of nitrogens with zero attached hydrogens (tertiary/aromatic N) is 3. The summed E-state index contributed by atoms with van der Waals surface area (Å²) in [5.74, 6) is 1.41. The van der Waals surface area contributed by atoms with Crippen LogP contribution in [0.2, 0.25) is 0 Å². The first kappa shape index (κ1) is 14.3. The number of rotatable bonds is 5. The fraction of sp³-hybridized carbons (Fsp3) is 0.625. The van der Waals surface area contributed by atoms with Gasteiger partial charge in [0.2, 0.25) is 5.91 Å². The number of nitrogens with one attached hydrogen (secondary N) is 1. The molecule has 0 aromatic carbocycles. The minimum atomic E-state index is 0.325. The van der Waals surface area contributed by atoms with Gasteiger partial charge >= 0.3 is 0 Å². The normalized spacial score (nSPS) is 21.8. The molecule has 5 nitrogen and oxygen atoms in total. The van der Waals surface area contributed by atoms with Crippen LogP contribution in [0.5, 0.6) is 0 Å². The molecule has 0 radical (unpaired) electrons. The number of piperazine rings is 1. The molecule has 1 aromatic heterocycles. The van der Waals surface area contributed by atoms with Crippen molar-refractivity contribution in [3.63, 3.8) is 0 Å². The third-order valence-electron chi connectivity index (χ3n) is 4.40. The molecule has 2 aliphatic rings. The van der Waals surface area contributed by atoms with Crippen molar-refractivity contribution in [2.75, 3.05) is 31.1 Å². The zero-order valence-corrected chi connectivity index (χ0v) is 12.7. The molecule has 21 heavy (non-hydrogen) atoms. The number of anilines is 1. The van der Waals surface area contributed by atoms with Crippen molar-refractivity contribution in [3.05, 3.63) is 23.9 Å². The van der Waals surface area contributed by atoms with E-state index in [0.717, 1.165) is 51.4 Å². The van der Waals surface area contributed by atoms with Gasteiger partial charge in [-0.25, -0.2) is 4.98 Å². The van der Waals surface area contributed by atoms with Gasteiger partial charge in [0.25, 0.3) is 0 Å². The van der Waals surface area contributed by atoms with Gasteiger partial charge in [0.05, 0.1) is 0 Å². The van der Waals surface area contributed by atoms with Crippen LogP contribution in [0.3, 0.4) is 0 Å². The maximum atomic E-state index is 11.8. The highest BCUT2D eigenvalue weighted by Gasteiger charge is 2.36. The second-order valence-corrected chi connectivity index (χ2v) is 5.89. The lowest BCUT2D eigenvalue weighted by molar-refractivity contribution is -0.129. The Bertz CT molecular complexity index is 505. The number of amides is 1. The van der Waals surface area contributed by atoms with E-state index in [9.17, 15) is 4.79 Å². The van der Waals surface area contributed by atoms with Gasteiger partial charge in [-0.15, -0.1) is 0 Å². The monoisotopic (exact) mass is 288 g/mol. The Morgan fingerprint density at radius 2 is 2.33 bits per heavy atom. The summed E-state index contributed by atoms with van der Waals surface area (Å²) in [6, 6.07) is 4.53. The van der Waals surface area contributed by atoms with Crippen LogP contribution in [0.15, 0.2) is 18.3 Å². The van der Waals surface area contributed by atoms with Gasteiger partial charge in [0, 0.05) is 50.4 Å². The number of carbonyl (C=O) groups is 1. The molecule has 2 aliphatic heterocycles. The molecular formula is C16H24N4O. The van der Waals surface area contributed by atoms with Gasteiger partial charge in [-0.1, -0.05) is 13.0 Å². The van der Waals surface area contributed by atoms with Gasteiger partial charge in [-0.05, 0) is 25.5 Å². The molecule has 0 spiro atoms. The predicted octanol–water partition coefficient (Wildman–Crippen LogP) is 1.39. The van der Waals surface area contributed by atoms with E-state index in [1.165, 1.54) is 5.56 Å². The highest BCUT2D eigenvalue weighted by atomic mass is 16.2. The van der Waals surface area contributed by atoms with Gasteiger partial charge in [0.1, 0.15) is 5.82 Å². The maximum Gasteiger partial charge on any atom is 0.223 e. The Kier molecular flexibility index (Phi) is 4.39. The minimum Gasteiger partial charge on any atom is -0.353 e. The average Bonchev–Trinajstić information content (AvgIpc) is 2.89. The molecule has 5 heteroatoms. The first-order chi connectivity index (χ1) is 10.3.